The molecule has 20 heavy (non-hydrogen) atoms. The van der Waals surface area contributed by atoms with E-state index in [2.05, 4.69) is 0 Å². The van der Waals surface area contributed by atoms with Crippen LogP contribution in [0.4, 0.5) is 0 Å². The van der Waals surface area contributed by atoms with Gasteiger partial charge in [0.15, 0.2) is 11.5 Å². The molecule has 2 rings (SSSR count). The molecular weight excluding hydrogens is 299 g/mol. The molecule has 0 heterocycles. The molecule has 5 heteroatoms. The van der Waals surface area contributed by atoms with Crippen molar-refractivity contribution >= 4 is 23.2 Å². The van der Waals surface area contributed by atoms with Crippen molar-refractivity contribution in [2.45, 2.75) is 13.2 Å². The Labute approximate surface area is 127 Å². The minimum Gasteiger partial charge on any atom is -0.493 e. The van der Waals surface area contributed by atoms with Crippen molar-refractivity contribution in [3.05, 3.63) is 57.6 Å². The molecule has 0 spiro atoms. The topological polar surface area (TPSA) is 38.7 Å². The fraction of sp³-hybridized carbons (Fsp3) is 0.200. The average molecular weight is 313 g/mol. The van der Waals surface area contributed by atoms with Crippen molar-refractivity contribution in [3.63, 3.8) is 0 Å². The molecule has 2 aromatic rings. The number of rotatable bonds is 5. The summed E-state index contributed by atoms with van der Waals surface area (Å²) in [6.45, 7) is 0.176. The van der Waals surface area contributed by atoms with E-state index in [1.165, 1.54) is 7.11 Å². The molecule has 0 unspecified atom stereocenters. The van der Waals surface area contributed by atoms with Crippen molar-refractivity contribution in [3.8, 4) is 11.5 Å². The zero-order chi connectivity index (χ0) is 14.5. The minimum absolute atomic E-state index is 0.110. The zero-order valence-electron chi connectivity index (χ0n) is 10.9. The van der Waals surface area contributed by atoms with Crippen LogP contribution < -0.4 is 9.47 Å². The monoisotopic (exact) mass is 312 g/mol. The van der Waals surface area contributed by atoms with Gasteiger partial charge in [0.05, 0.1) is 18.7 Å². The van der Waals surface area contributed by atoms with Gasteiger partial charge in [0, 0.05) is 10.6 Å². The van der Waals surface area contributed by atoms with E-state index in [4.69, 9.17) is 37.8 Å². The van der Waals surface area contributed by atoms with Crippen LogP contribution in [0.2, 0.25) is 10.0 Å². The molecule has 0 fully saturated rings. The number of aliphatic hydroxyl groups excluding tert-OH is 1. The first-order valence-corrected chi connectivity index (χ1v) is 6.74. The number of aliphatic hydroxyl groups is 1. The van der Waals surface area contributed by atoms with E-state index >= 15 is 0 Å². The maximum Gasteiger partial charge on any atom is 0.180 e. The number of ether oxygens (including phenoxy) is 2. The first kappa shape index (κ1) is 15.0. The Kier molecular flexibility index (Phi) is 5.12. The first-order valence-electron chi connectivity index (χ1n) is 5.99. The third-order valence-corrected chi connectivity index (χ3v) is 3.45. The highest BCUT2D eigenvalue weighted by atomic mass is 35.5. The number of hydrogen-bond donors (Lipinski definition) is 1. The van der Waals surface area contributed by atoms with E-state index in [9.17, 15) is 0 Å². The predicted molar refractivity (Wildman–Crippen MR) is 79.7 cm³/mol. The molecule has 0 saturated carbocycles. The number of hydrogen-bond acceptors (Lipinski definition) is 3. The molecule has 0 aliphatic carbocycles. The van der Waals surface area contributed by atoms with E-state index in [1.807, 2.05) is 18.2 Å². The Balaban J connectivity index is 2.23. The highest BCUT2D eigenvalue weighted by Crippen LogP contribution is 2.37. The SMILES string of the molecule is COc1cc(CO)cc(Cl)c1OCc1ccccc1Cl. The molecule has 0 bridgehead atoms. The van der Waals surface area contributed by atoms with Gasteiger partial charge in [-0.2, -0.15) is 0 Å². The molecule has 0 aliphatic heterocycles. The lowest BCUT2D eigenvalue weighted by atomic mass is 10.2. The highest BCUT2D eigenvalue weighted by molar-refractivity contribution is 6.32. The Bertz CT molecular complexity index is 600. The van der Waals surface area contributed by atoms with Gasteiger partial charge >= 0.3 is 0 Å². The van der Waals surface area contributed by atoms with Crippen molar-refractivity contribution in [2.24, 2.45) is 0 Å². The molecule has 3 nitrogen and oxygen atoms in total. The van der Waals surface area contributed by atoms with Gasteiger partial charge in [0.2, 0.25) is 0 Å². The van der Waals surface area contributed by atoms with Crippen LogP contribution in [-0.4, -0.2) is 12.2 Å². The molecule has 0 saturated heterocycles. The Morgan fingerprint density at radius 1 is 1.10 bits per heavy atom. The van der Waals surface area contributed by atoms with Crippen LogP contribution in [0.5, 0.6) is 11.5 Å². The van der Waals surface area contributed by atoms with Crippen LogP contribution >= 0.6 is 23.2 Å². The largest absolute Gasteiger partial charge is 0.493 e. The van der Waals surface area contributed by atoms with E-state index in [1.54, 1.807) is 18.2 Å². The molecule has 0 atom stereocenters. The standard InChI is InChI=1S/C15H14Cl2O3/c1-19-14-7-10(8-18)6-13(17)15(14)20-9-11-4-2-3-5-12(11)16/h2-7,18H,8-9H2,1H3. The summed E-state index contributed by atoms with van der Waals surface area (Å²) in [5.74, 6) is 0.917. The van der Waals surface area contributed by atoms with Gasteiger partial charge in [-0.15, -0.1) is 0 Å². The second-order valence-electron chi connectivity index (χ2n) is 4.15. The van der Waals surface area contributed by atoms with Gasteiger partial charge in [0.25, 0.3) is 0 Å². The minimum atomic E-state index is -0.110. The summed E-state index contributed by atoms with van der Waals surface area (Å²) in [5.41, 5.74) is 1.52. The van der Waals surface area contributed by atoms with Gasteiger partial charge in [-0.1, -0.05) is 41.4 Å². The second-order valence-corrected chi connectivity index (χ2v) is 4.96. The number of halogens is 2. The Hall–Kier alpha value is -1.42. The maximum atomic E-state index is 9.14. The van der Waals surface area contributed by atoms with Gasteiger partial charge in [0.1, 0.15) is 6.61 Å². The summed E-state index contributed by atoms with van der Waals surface area (Å²) in [5, 5.41) is 10.2. The molecule has 0 amide bonds. The number of benzene rings is 2. The quantitative estimate of drug-likeness (QED) is 0.904. The molecule has 0 aromatic heterocycles. The van der Waals surface area contributed by atoms with Crippen LogP contribution in [0, 0.1) is 0 Å². The van der Waals surface area contributed by atoms with E-state index in [0.29, 0.717) is 27.1 Å². The van der Waals surface area contributed by atoms with Crippen LogP contribution in [0.1, 0.15) is 11.1 Å². The molecule has 0 radical (unpaired) electrons. The second kappa shape index (κ2) is 6.84. The van der Waals surface area contributed by atoms with Crippen molar-refractivity contribution in [2.75, 3.05) is 7.11 Å². The van der Waals surface area contributed by atoms with Gasteiger partial charge in [-0.25, -0.2) is 0 Å². The van der Waals surface area contributed by atoms with Crippen molar-refractivity contribution in [1.29, 1.82) is 0 Å². The lowest BCUT2D eigenvalue weighted by Crippen LogP contribution is -2.00. The lowest BCUT2D eigenvalue weighted by molar-refractivity contribution is 0.274. The summed E-state index contributed by atoms with van der Waals surface area (Å²) in [6, 6.07) is 10.8. The van der Waals surface area contributed by atoms with E-state index in [0.717, 1.165) is 5.56 Å². The summed E-state index contributed by atoms with van der Waals surface area (Å²) < 4.78 is 10.9. The third kappa shape index (κ3) is 3.37. The van der Waals surface area contributed by atoms with Crippen LogP contribution in [-0.2, 0) is 13.2 Å². The molecule has 2 aromatic carbocycles. The Morgan fingerprint density at radius 3 is 2.50 bits per heavy atom. The molecule has 0 aliphatic rings. The Morgan fingerprint density at radius 2 is 1.85 bits per heavy atom. The van der Waals surface area contributed by atoms with Crippen LogP contribution in [0.15, 0.2) is 36.4 Å². The third-order valence-electron chi connectivity index (χ3n) is 2.80. The molecule has 1 N–H and O–H groups in total. The van der Waals surface area contributed by atoms with Crippen molar-refractivity contribution in [1.82, 2.24) is 0 Å². The van der Waals surface area contributed by atoms with Gasteiger partial charge in [-0.3, -0.25) is 0 Å². The molecule has 106 valence electrons. The van der Waals surface area contributed by atoms with Crippen molar-refractivity contribution < 1.29 is 14.6 Å². The molecular formula is C15H14Cl2O3. The maximum absolute atomic E-state index is 9.14. The summed E-state index contributed by atoms with van der Waals surface area (Å²) >= 11 is 12.2. The normalized spacial score (nSPS) is 10.4. The summed E-state index contributed by atoms with van der Waals surface area (Å²) in [6.07, 6.45) is 0. The first-order chi connectivity index (χ1) is 9.65. The van der Waals surface area contributed by atoms with E-state index in [-0.39, 0.29) is 13.2 Å². The zero-order valence-corrected chi connectivity index (χ0v) is 12.4. The fourth-order valence-corrected chi connectivity index (χ4v) is 2.25. The smallest absolute Gasteiger partial charge is 0.180 e. The summed E-state index contributed by atoms with van der Waals surface area (Å²) in [4.78, 5) is 0. The fourth-order valence-electron chi connectivity index (χ4n) is 1.77. The predicted octanol–water partition coefficient (Wildman–Crippen LogP) is 4.07. The van der Waals surface area contributed by atoms with E-state index < -0.39 is 0 Å². The van der Waals surface area contributed by atoms with Crippen LogP contribution in [0.3, 0.4) is 0 Å². The average Bonchev–Trinajstić information content (AvgIpc) is 2.46. The van der Waals surface area contributed by atoms with Crippen LogP contribution in [0.25, 0.3) is 0 Å². The van der Waals surface area contributed by atoms with Gasteiger partial charge < -0.3 is 14.6 Å². The lowest BCUT2D eigenvalue weighted by Gasteiger charge is -2.14. The van der Waals surface area contributed by atoms with Gasteiger partial charge in [-0.05, 0) is 23.8 Å². The number of methoxy groups -OCH3 is 1. The highest BCUT2D eigenvalue weighted by Gasteiger charge is 2.12. The summed E-state index contributed by atoms with van der Waals surface area (Å²) in [7, 11) is 1.52.